The lowest BCUT2D eigenvalue weighted by Gasteiger charge is -2.32. The summed E-state index contributed by atoms with van der Waals surface area (Å²) in [4.78, 5) is 26.6. The highest BCUT2D eigenvalue weighted by Gasteiger charge is 2.28. The van der Waals surface area contributed by atoms with Gasteiger partial charge < -0.3 is 10.2 Å². The second kappa shape index (κ2) is 7.92. The molecule has 5 heteroatoms. The minimum atomic E-state index is -0.343. The molecule has 2 aromatic carbocycles. The molecule has 0 aromatic heterocycles. The summed E-state index contributed by atoms with van der Waals surface area (Å²) in [5.74, 6) is -0.688. The van der Waals surface area contributed by atoms with Crippen LogP contribution in [0.4, 0.5) is 10.1 Å². The first-order valence-corrected chi connectivity index (χ1v) is 8.50. The summed E-state index contributed by atoms with van der Waals surface area (Å²) >= 11 is 0. The molecule has 1 unspecified atom stereocenters. The van der Waals surface area contributed by atoms with Gasteiger partial charge in [-0.25, -0.2) is 4.39 Å². The van der Waals surface area contributed by atoms with Crippen LogP contribution in [0.2, 0.25) is 0 Å². The van der Waals surface area contributed by atoms with Crippen molar-refractivity contribution in [3.63, 3.8) is 0 Å². The van der Waals surface area contributed by atoms with Gasteiger partial charge in [0.15, 0.2) is 0 Å². The van der Waals surface area contributed by atoms with E-state index in [-0.39, 0.29) is 30.0 Å². The Morgan fingerprint density at radius 1 is 1.12 bits per heavy atom. The number of rotatable bonds is 4. The molecule has 1 N–H and O–H groups in total. The number of nitrogens with zero attached hydrogens (tertiary/aromatic N) is 1. The van der Waals surface area contributed by atoms with Crippen molar-refractivity contribution in [2.24, 2.45) is 5.92 Å². The number of carbonyl (C=O) groups is 2. The Morgan fingerprint density at radius 2 is 1.92 bits per heavy atom. The highest BCUT2D eigenvalue weighted by Crippen LogP contribution is 2.20. The lowest BCUT2D eigenvalue weighted by atomic mass is 9.96. The monoisotopic (exact) mass is 340 g/mol. The van der Waals surface area contributed by atoms with Gasteiger partial charge in [0.1, 0.15) is 5.82 Å². The van der Waals surface area contributed by atoms with Gasteiger partial charge in [-0.3, -0.25) is 9.59 Å². The van der Waals surface area contributed by atoms with Crippen LogP contribution in [0.25, 0.3) is 0 Å². The normalized spacial score (nSPS) is 17.2. The summed E-state index contributed by atoms with van der Waals surface area (Å²) in [5.41, 5.74) is 1.41. The molecule has 0 saturated carbocycles. The Hall–Kier alpha value is -2.69. The molecule has 1 atom stereocenters. The van der Waals surface area contributed by atoms with Gasteiger partial charge in [-0.15, -0.1) is 0 Å². The lowest BCUT2D eigenvalue weighted by Crippen LogP contribution is -2.44. The third kappa shape index (κ3) is 4.66. The van der Waals surface area contributed by atoms with Gasteiger partial charge in [0.05, 0.1) is 12.3 Å². The van der Waals surface area contributed by atoms with E-state index in [4.69, 9.17) is 0 Å². The molecule has 130 valence electrons. The van der Waals surface area contributed by atoms with E-state index in [9.17, 15) is 14.0 Å². The molecule has 2 amide bonds. The second-order valence-corrected chi connectivity index (χ2v) is 6.34. The van der Waals surface area contributed by atoms with E-state index in [0.717, 1.165) is 18.5 Å². The third-order valence-corrected chi connectivity index (χ3v) is 4.43. The Morgan fingerprint density at radius 3 is 2.68 bits per heavy atom. The molecule has 3 rings (SSSR count). The molecular weight excluding hydrogens is 319 g/mol. The van der Waals surface area contributed by atoms with Crippen LogP contribution in [0, 0.1) is 11.7 Å². The summed E-state index contributed by atoms with van der Waals surface area (Å²) in [6.45, 7) is 1.05. The third-order valence-electron chi connectivity index (χ3n) is 4.43. The standard InChI is InChI=1S/C20H21FN2O2/c21-17-8-4-6-15(12-17)13-19(24)23-11-5-7-16(14-23)20(25)22-18-9-2-1-3-10-18/h1-4,6,8-10,12,16H,5,7,11,13-14H2,(H,22,25). The van der Waals surface area contributed by atoms with E-state index in [1.807, 2.05) is 30.3 Å². The van der Waals surface area contributed by atoms with Crippen LogP contribution >= 0.6 is 0 Å². The number of carbonyl (C=O) groups excluding carboxylic acids is 2. The van der Waals surface area contributed by atoms with Crippen molar-refractivity contribution in [3.8, 4) is 0 Å². The fraction of sp³-hybridized carbons (Fsp3) is 0.300. The highest BCUT2D eigenvalue weighted by molar-refractivity contribution is 5.93. The number of piperidine rings is 1. The zero-order valence-electron chi connectivity index (χ0n) is 14.0. The molecule has 1 fully saturated rings. The van der Waals surface area contributed by atoms with Gasteiger partial charge in [0.2, 0.25) is 11.8 Å². The average molecular weight is 340 g/mol. The number of nitrogens with one attached hydrogen (secondary N) is 1. The summed E-state index contributed by atoms with van der Waals surface area (Å²) in [7, 11) is 0. The molecule has 1 saturated heterocycles. The van der Waals surface area contributed by atoms with Gasteiger partial charge in [0, 0.05) is 18.8 Å². The van der Waals surface area contributed by atoms with Crippen LogP contribution in [0.1, 0.15) is 18.4 Å². The molecule has 0 spiro atoms. The number of hydrogen-bond donors (Lipinski definition) is 1. The van der Waals surface area contributed by atoms with E-state index < -0.39 is 0 Å². The maximum atomic E-state index is 13.3. The van der Waals surface area contributed by atoms with Crippen LogP contribution in [0.3, 0.4) is 0 Å². The Kier molecular flexibility index (Phi) is 5.43. The molecular formula is C20H21FN2O2. The van der Waals surface area contributed by atoms with E-state index in [1.54, 1.807) is 17.0 Å². The molecule has 1 aliphatic rings. The van der Waals surface area contributed by atoms with Crippen molar-refractivity contribution in [1.82, 2.24) is 4.90 Å². The smallest absolute Gasteiger partial charge is 0.229 e. The topological polar surface area (TPSA) is 49.4 Å². The minimum Gasteiger partial charge on any atom is -0.342 e. The first-order valence-electron chi connectivity index (χ1n) is 8.50. The first-order chi connectivity index (χ1) is 12.1. The fourth-order valence-corrected chi connectivity index (χ4v) is 3.12. The summed E-state index contributed by atoms with van der Waals surface area (Å²) in [5, 5.41) is 2.90. The Bertz CT molecular complexity index is 748. The number of halogens is 1. The van der Waals surface area contributed by atoms with E-state index >= 15 is 0 Å². The van der Waals surface area contributed by atoms with E-state index in [1.165, 1.54) is 12.1 Å². The molecule has 0 radical (unpaired) electrons. The van der Waals surface area contributed by atoms with Crippen molar-refractivity contribution in [3.05, 3.63) is 66.0 Å². The van der Waals surface area contributed by atoms with Gasteiger partial charge in [-0.05, 0) is 42.7 Å². The van der Waals surface area contributed by atoms with Crippen molar-refractivity contribution in [2.45, 2.75) is 19.3 Å². The van der Waals surface area contributed by atoms with E-state index in [0.29, 0.717) is 18.7 Å². The van der Waals surface area contributed by atoms with Crippen molar-refractivity contribution >= 4 is 17.5 Å². The molecule has 25 heavy (non-hydrogen) atoms. The lowest BCUT2D eigenvalue weighted by molar-refractivity contribution is -0.133. The molecule has 0 bridgehead atoms. The number of amides is 2. The van der Waals surface area contributed by atoms with Gasteiger partial charge in [-0.1, -0.05) is 30.3 Å². The predicted octanol–water partition coefficient (Wildman–Crippen LogP) is 3.25. The first kappa shape index (κ1) is 17.1. The summed E-state index contributed by atoms with van der Waals surface area (Å²) in [6.07, 6.45) is 1.72. The summed E-state index contributed by atoms with van der Waals surface area (Å²) < 4.78 is 13.3. The predicted molar refractivity (Wildman–Crippen MR) is 94.5 cm³/mol. The van der Waals surface area contributed by atoms with Gasteiger partial charge >= 0.3 is 0 Å². The van der Waals surface area contributed by atoms with Crippen LogP contribution in [0.5, 0.6) is 0 Å². The maximum absolute atomic E-state index is 13.3. The second-order valence-electron chi connectivity index (χ2n) is 6.34. The zero-order valence-corrected chi connectivity index (χ0v) is 14.0. The number of hydrogen-bond acceptors (Lipinski definition) is 2. The quantitative estimate of drug-likeness (QED) is 0.929. The Labute approximate surface area is 146 Å². The van der Waals surface area contributed by atoms with E-state index in [2.05, 4.69) is 5.32 Å². The average Bonchev–Trinajstić information content (AvgIpc) is 2.62. The fourth-order valence-electron chi connectivity index (χ4n) is 3.12. The zero-order chi connectivity index (χ0) is 17.6. The maximum Gasteiger partial charge on any atom is 0.229 e. The largest absolute Gasteiger partial charge is 0.342 e. The Balaban J connectivity index is 1.58. The molecule has 4 nitrogen and oxygen atoms in total. The molecule has 1 aliphatic heterocycles. The summed E-state index contributed by atoms with van der Waals surface area (Å²) in [6, 6.07) is 15.4. The number of likely N-dealkylation sites (tertiary alicyclic amines) is 1. The highest BCUT2D eigenvalue weighted by atomic mass is 19.1. The van der Waals surface area contributed by atoms with Crippen LogP contribution < -0.4 is 5.32 Å². The van der Waals surface area contributed by atoms with Crippen molar-refractivity contribution < 1.29 is 14.0 Å². The number of benzene rings is 2. The van der Waals surface area contributed by atoms with Crippen LogP contribution in [-0.2, 0) is 16.0 Å². The van der Waals surface area contributed by atoms with Crippen molar-refractivity contribution in [2.75, 3.05) is 18.4 Å². The number of anilines is 1. The van der Waals surface area contributed by atoms with Crippen molar-refractivity contribution in [1.29, 1.82) is 0 Å². The SMILES string of the molecule is O=C(Nc1ccccc1)C1CCCN(C(=O)Cc2cccc(F)c2)C1. The van der Waals surface area contributed by atoms with Crippen LogP contribution in [-0.4, -0.2) is 29.8 Å². The number of para-hydroxylation sites is 1. The molecule has 0 aliphatic carbocycles. The van der Waals surface area contributed by atoms with Gasteiger partial charge in [0.25, 0.3) is 0 Å². The van der Waals surface area contributed by atoms with Crippen LogP contribution in [0.15, 0.2) is 54.6 Å². The molecule has 2 aromatic rings. The van der Waals surface area contributed by atoms with Gasteiger partial charge in [-0.2, -0.15) is 0 Å². The molecule has 1 heterocycles. The minimum absolute atomic E-state index is 0.0607.